The molecule has 0 aromatic carbocycles. The van der Waals surface area contributed by atoms with Crippen LogP contribution in [0.2, 0.25) is 0 Å². The van der Waals surface area contributed by atoms with Crippen LogP contribution in [0, 0.1) is 17.8 Å². The third kappa shape index (κ3) is 1.53. The molecule has 0 saturated heterocycles. The van der Waals surface area contributed by atoms with Crippen LogP contribution in [0.3, 0.4) is 0 Å². The van der Waals surface area contributed by atoms with Gasteiger partial charge in [0.2, 0.25) is 0 Å². The molecule has 1 aliphatic rings. The van der Waals surface area contributed by atoms with E-state index in [-0.39, 0.29) is 0 Å². The number of rotatable bonds is 2. The second kappa shape index (κ2) is 3.41. The Bertz CT molecular complexity index is 94.2. The van der Waals surface area contributed by atoms with Gasteiger partial charge in [0.25, 0.3) is 0 Å². The predicted octanol–water partition coefficient (Wildman–Crippen LogP) is 3.47. The van der Waals surface area contributed by atoms with E-state index in [4.69, 9.17) is 0 Å². The molecule has 0 aromatic rings. The third-order valence-electron chi connectivity index (χ3n) is 3.10. The van der Waals surface area contributed by atoms with Crippen molar-refractivity contribution in [1.82, 2.24) is 0 Å². The average molecular weight is 140 g/mol. The third-order valence-corrected chi connectivity index (χ3v) is 3.10. The molecule has 0 spiro atoms. The van der Waals surface area contributed by atoms with Crippen molar-refractivity contribution in [3.05, 3.63) is 0 Å². The van der Waals surface area contributed by atoms with Gasteiger partial charge in [0, 0.05) is 0 Å². The van der Waals surface area contributed by atoms with Gasteiger partial charge in [-0.15, -0.1) is 0 Å². The molecule has 0 aromatic heterocycles. The van der Waals surface area contributed by atoms with Gasteiger partial charge in [0.05, 0.1) is 0 Å². The fourth-order valence-electron chi connectivity index (χ4n) is 2.45. The smallest absolute Gasteiger partial charge is 0.0363 e. The van der Waals surface area contributed by atoms with Crippen molar-refractivity contribution in [2.45, 2.75) is 46.5 Å². The fourth-order valence-corrected chi connectivity index (χ4v) is 2.45. The summed E-state index contributed by atoms with van der Waals surface area (Å²) in [6, 6.07) is 0. The first-order valence-corrected chi connectivity index (χ1v) is 4.75. The Labute approximate surface area is 65.0 Å². The summed E-state index contributed by atoms with van der Waals surface area (Å²) in [4.78, 5) is 0. The summed E-state index contributed by atoms with van der Waals surface area (Å²) >= 11 is 0. The van der Waals surface area contributed by atoms with Crippen LogP contribution in [0.1, 0.15) is 46.5 Å². The van der Waals surface area contributed by atoms with E-state index in [0.717, 1.165) is 17.8 Å². The van der Waals surface area contributed by atoms with Crippen LogP contribution >= 0.6 is 0 Å². The summed E-state index contributed by atoms with van der Waals surface area (Å²) in [5, 5.41) is 0. The first-order valence-electron chi connectivity index (χ1n) is 4.75. The molecule has 0 aliphatic heterocycles. The lowest BCUT2D eigenvalue weighted by molar-refractivity contribution is 0.289. The van der Waals surface area contributed by atoms with Crippen molar-refractivity contribution in [2.75, 3.05) is 0 Å². The molecule has 1 aliphatic carbocycles. The van der Waals surface area contributed by atoms with Gasteiger partial charge in [-0.3, -0.25) is 0 Å². The van der Waals surface area contributed by atoms with Gasteiger partial charge < -0.3 is 0 Å². The summed E-state index contributed by atoms with van der Waals surface area (Å²) in [6.45, 7) is 7.09. The Morgan fingerprint density at radius 1 is 1.30 bits per heavy atom. The van der Waals surface area contributed by atoms with Crippen LogP contribution in [0.15, 0.2) is 0 Å². The van der Waals surface area contributed by atoms with E-state index in [1.807, 2.05) is 0 Å². The van der Waals surface area contributed by atoms with Crippen LogP contribution in [0.25, 0.3) is 0 Å². The Morgan fingerprint density at radius 2 is 2.00 bits per heavy atom. The van der Waals surface area contributed by atoms with E-state index in [1.165, 1.54) is 25.7 Å². The molecule has 1 saturated carbocycles. The maximum atomic E-state index is 2.37. The molecule has 1 rings (SSSR count). The monoisotopic (exact) mass is 140 g/mol. The van der Waals surface area contributed by atoms with Crippen molar-refractivity contribution >= 4 is 0 Å². The number of hydrogen-bond donors (Lipinski definition) is 0. The summed E-state index contributed by atoms with van der Waals surface area (Å²) in [6.07, 6.45) is 5.89. The fraction of sp³-hybridized carbons (Fsp3) is 1.00. The van der Waals surface area contributed by atoms with Gasteiger partial charge in [-0.1, -0.05) is 40.0 Å². The topological polar surface area (TPSA) is 0 Å². The van der Waals surface area contributed by atoms with E-state index < -0.39 is 0 Å². The van der Waals surface area contributed by atoms with Gasteiger partial charge in [-0.2, -0.15) is 0 Å². The molecule has 1 fully saturated rings. The lowest BCUT2D eigenvalue weighted by Gasteiger charge is -2.21. The van der Waals surface area contributed by atoms with Crippen LogP contribution in [0.5, 0.6) is 0 Å². The van der Waals surface area contributed by atoms with Gasteiger partial charge in [0.15, 0.2) is 0 Å². The molecule has 0 heteroatoms. The highest BCUT2D eigenvalue weighted by Crippen LogP contribution is 2.38. The zero-order valence-corrected chi connectivity index (χ0v) is 7.56. The summed E-state index contributed by atoms with van der Waals surface area (Å²) in [5.74, 6) is 3.03. The zero-order chi connectivity index (χ0) is 7.56. The molecule has 10 heavy (non-hydrogen) atoms. The minimum atomic E-state index is 0.924. The first-order chi connectivity index (χ1) is 4.75. The molecule has 0 N–H and O–H groups in total. The van der Waals surface area contributed by atoms with E-state index in [0.29, 0.717) is 0 Å². The van der Waals surface area contributed by atoms with E-state index in [9.17, 15) is 0 Å². The molecule has 0 radical (unpaired) electrons. The van der Waals surface area contributed by atoms with Gasteiger partial charge >= 0.3 is 0 Å². The lowest BCUT2D eigenvalue weighted by Crippen LogP contribution is -2.12. The second-order valence-corrected chi connectivity index (χ2v) is 4.01. The average Bonchev–Trinajstić information content (AvgIpc) is 2.33. The Balaban J connectivity index is 2.42. The minimum Gasteiger partial charge on any atom is -0.0651 e. The molecule has 0 heterocycles. The van der Waals surface area contributed by atoms with Crippen LogP contribution < -0.4 is 0 Å². The molecule has 60 valence electrons. The first kappa shape index (κ1) is 8.10. The minimum absolute atomic E-state index is 0.924. The van der Waals surface area contributed by atoms with Crippen LogP contribution in [0.4, 0.5) is 0 Å². The summed E-state index contributed by atoms with van der Waals surface area (Å²) in [7, 11) is 0. The van der Waals surface area contributed by atoms with Gasteiger partial charge in [-0.05, 0) is 24.2 Å². The van der Waals surface area contributed by atoms with Crippen LogP contribution in [-0.4, -0.2) is 0 Å². The van der Waals surface area contributed by atoms with Crippen molar-refractivity contribution in [3.8, 4) is 0 Å². The largest absolute Gasteiger partial charge is 0.0651 e. The standard InChI is InChI=1S/C10H20/c1-4-9-6-5-7-10(9)8(2)3/h8-10H,4-7H2,1-3H3/t9?,10-/m0/s1. The molecular weight excluding hydrogens is 120 g/mol. The molecule has 1 unspecified atom stereocenters. The number of hydrogen-bond acceptors (Lipinski definition) is 0. The Kier molecular flexibility index (Phi) is 2.76. The molecular formula is C10H20. The second-order valence-electron chi connectivity index (χ2n) is 4.01. The molecule has 0 amide bonds. The Hall–Kier alpha value is 0. The summed E-state index contributed by atoms with van der Waals surface area (Å²) in [5.41, 5.74) is 0. The maximum absolute atomic E-state index is 2.37. The normalized spacial score (nSPS) is 33.6. The lowest BCUT2D eigenvalue weighted by atomic mass is 9.85. The Morgan fingerprint density at radius 3 is 2.40 bits per heavy atom. The maximum Gasteiger partial charge on any atom is -0.0363 e. The van der Waals surface area contributed by atoms with Crippen molar-refractivity contribution < 1.29 is 0 Å². The van der Waals surface area contributed by atoms with Gasteiger partial charge in [-0.25, -0.2) is 0 Å². The van der Waals surface area contributed by atoms with E-state index in [1.54, 1.807) is 0 Å². The van der Waals surface area contributed by atoms with Crippen molar-refractivity contribution in [1.29, 1.82) is 0 Å². The molecule has 0 bridgehead atoms. The predicted molar refractivity (Wildman–Crippen MR) is 46.0 cm³/mol. The summed E-state index contributed by atoms with van der Waals surface area (Å²) < 4.78 is 0. The SMILES string of the molecule is CCC1CCC[C@H]1C(C)C. The zero-order valence-electron chi connectivity index (χ0n) is 7.56. The highest BCUT2D eigenvalue weighted by Gasteiger charge is 2.27. The van der Waals surface area contributed by atoms with Gasteiger partial charge in [0.1, 0.15) is 0 Å². The molecule has 0 nitrogen and oxygen atoms in total. The van der Waals surface area contributed by atoms with E-state index >= 15 is 0 Å². The highest BCUT2D eigenvalue weighted by molar-refractivity contribution is 4.78. The van der Waals surface area contributed by atoms with Crippen LogP contribution in [-0.2, 0) is 0 Å². The quantitative estimate of drug-likeness (QED) is 0.551. The van der Waals surface area contributed by atoms with Crippen molar-refractivity contribution in [2.24, 2.45) is 17.8 Å². The van der Waals surface area contributed by atoms with E-state index in [2.05, 4.69) is 20.8 Å². The highest BCUT2D eigenvalue weighted by atomic mass is 14.3. The molecule has 2 atom stereocenters. The van der Waals surface area contributed by atoms with Crippen molar-refractivity contribution in [3.63, 3.8) is 0 Å².